The molecule has 1 atom stereocenters. The Morgan fingerprint density at radius 1 is 1.20 bits per heavy atom. The first-order valence-electron chi connectivity index (χ1n) is 9.14. The monoisotopic (exact) mass is 429 g/mol. The highest BCUT2D eigenvalue weighted by atomic mass is 32.1. The highest BCUT2D eigenvalue weighted by Gasteiger charge is 2.21. The second-order valence-corrected chi connectivity index (χ2v) is 7.94. The number of carbonyl (C=O) groups is 1. The van der Waals surface area contributed by atoms with Crippen LogP contribution < -0.4 is 21.8 Å². The zero-order valence-electron chi connectivity index (χ0n) is 17.0. The lowest BCUT2D eigenvalue weighted by Crippen LogP contribution is -2.32. The molecule has 1 amide bonds. The number of nitrogens with zero attached hydrogens (tertiary/aromatic N) is 2. The molecule has 3 rings (SSSR count). The van der Waals surface area contributed by atoms with Gasteiger partial charge in [0.2, 0.25) is 0 Å². The molecule has 0 aliphatic heterocycles. The van der Waals surface area contributed by atoms with Crippen molar-refractivity contribution in [1.29, 1.82) is 0 Å². The molecule has 0 saturated carbocycles. The number of anilines is 3. The van der Waals surface area contributed by atoms with E-state index >= 15 is 0 Å². The number of phenolic OH excluding ortho intramolecular Hbond substituents is 1. The molecule has 10 heteroatoms. The summed E-state index contributed by atoms with van der Waals surface area (Å²) in [6, 6.07) is 8.18. The Labute approximate surface area is 176 Å². The van der Waals surface area contributed by atoms with Gasteiger partial charge in [-0.05, 0) is 30.5 Å². The van der Waals surface area contributed by atoms with Gasteiger partial charge in [0.1, 0.15) is 11.4 Å². The number of nitrogens with one attached hydrogen (secondary N) is 3. The summed E-state index contributed by atoms with van der Waals surface area (Å²) in [6.45, 7) is 1.88. The van der Waals surface area contributed by atoms with Crippen molar-refractivity contribution in [2.75, 3.05) is 24.7 Å². The number of hydrogen-bond acceptors (Lipinski definition) is 7. The van der Waals surface area contributed by atoms with Gasteiger partial charge in [-0.3, -0.25) is 24.2 Å². The summed E-state index contributed by atoms with van der Waals surface area (Å²) in [6.07, 6.45) is 0. The van der Waals surface area contributed by atoms with Crippen molar-refractivity contribution in [3.8, 4) is 5.75 Å². The first-order valence-corrected chi connectivity index (χ1v) is 10.0. The maximum atomic E-state index is 12.8. The maximum Gasteiger partial charge on any atom is 0.290 e. The van der Waals surface area contributed by atoms with Gasteiger partial charge in [0.25, 0.3) is 17.0 Å². The van der Waals surface area contributed by atoms with Crippen LogP contribution in [0.2, 0.25) is 0 Å². The van der Waals surface area contributed by atoms with Gasteiger partial charge in [-0.25, -0.2) is 0 Å². The number of para-hydroxylation sites is 1. The van der Waals surface area contributed by atoms with Crippen molar-refractivity contribution >= 4 is 34.3 Å². The Kier molecular flexibility index (Phi) is 5.97. The molecule has 4 N–H and O–H groups in total. The molecule has 1 unspecified atom stereocenters. The third kappa shape index (κ3) is 4.08. The maximum absolute atomic E-state index is 12.8. The molecule has 2 aromatic heterocycles. The van der Waals surface area contributed by atoms with Crippen LogP contribution in [0.25, 0.3) is 0 Å². The zero-order valence-corrected chi connectivity index (χ0v) is 17.8. The molecule has 0 radical (unpaired) electrons. The minimum atomic E-state index is -0.554. The number of aromatic nitrogens is 2. The molecular weight excluding hydrogens is 406 g/mol. The van der Waals surface area contributed by atoms with Crippen LogP contribution in [-0.4, -0.2) is 39.8 Å². The van der Waals surface area contributed by atoms with Crippen LogP contribution in [0.4, 0.5) is 17.1 Å². The molecule has 30 heavy (non-hydrogen) atoms. The summed E-state index contributed by atoms with van der Waals surface area (Å²) in [4.78, 5) is 40.0. The van der Waals surface area contributed by atoms with E-state index in [2.05, 4.69) is 15.7 Å². The molecule has 3 aromatic rings. The molecule has 0 saturated heterocycles. The lowest BCUT2D eigenvalue weighted by atomic mass is 10.1. The molecule has 9 nitrogen and oxygen atoms in total. The minimum Gasteiger partial charge on any atom is -0.505 e. The van der Waals surface area contributed by atoms with Crippen LogP contribution in [0.15, 0.2) is 45.3 Å². The predicted octanol–water partition coefficient (Wildman–Crippen LogP) is 2.46. The molecule has 2 heterocycles. The summed E-state index contributed by atoms with van der Waals surface area (Å²) < 4.78 is 1.09. The van der Waals surface area contributed by atoms with E-state index in [1.165, 1.54) is 35.4 Å². The Morgan fingerprint density at radius 3 is 2.57 bits per heavy atom. The number of carbonyl (C=O) groups excluding carboxylic acids is 1. The molecule has 0 aliphatic rings. The fourth-order valence-electron chi connectivity index (χ4n) is 2.92. The van der Waals surface area contributed by atoms with Crippen molar-refractivity contribution in [1.82, 2.24) is 14.7 Å². The first kappa shape index (κ1) is 21.2. The summed E-state index contributed by atoms with van der Waals surface area (Å²) in [5.41, 5.74) is -0.778. The Morgan fingerprint density at radius 2 is 1.93 bits per heavy atom. The van der Waals surface area contributed by atoms with Gasteiger partial charge < -0.3 is 20.6 Å². The van der Waals surface area contributed by atoms with E-state index in [4.69, 9.17) is 0 Å². The molecule has 0 spiro atoms. The Hall–Kier alpha value is -3.53. The van der Waals surface area contributed by atoms with Gasteiger partial charge in [-0.1, -0.05) is 12.1 Å². The van der Waals surface area contributed by atoms with Crippen LogP contribution in [0.5, 0.6) is 5.75 Å². The van der Waals surface area contributed by atoms with Crippen molar-refractivity contribution in [2.24, 2.45) is 7.05 Å². The number of benzene rings is 1. The fourth-order valence-corrected chi connectivity index (χ4v) is 3.65. The number of H-pyrrole nitrogens is 1. The second kappa shape index (κ2) is 8.46. The molecule has 0 aliphatic carbocycles. The average molecular weight is 430 g/mol. The van der Waals surface area contributed by atoms with Gasteiger partial charge in [-0.15, -0.1) is 11.3 Å². The van der Waals surface area contributed by atoms with Crippen molar-refractivity contribution in [3.05, 3.63) is 66.9 Å². The summed E-state index contributed by atoms with van der Waals surface area (Å²) in [5.74, 6) is -0.702. The molecule has 0 fully saturated rings. The first-order chi connectivity index (χ1) is 14.2. The van der Waals surface area contributed by atoms with Gasteiger partial charge in [0.15, 0.2) is 5.75 Å². The number of amides is 1. The number of phenols is 1. The fraction of sp³-hybridized carbons (Fsp3) is 0.250. The number of aryl methyl sites for hydroxylation is 1. The molecule has 158 valence electrons. The van der Waals surface area contributed by atoms with Crippen molar-refractivity contribution in [3.63, 3.8) is 0 Å². The molecular formula is C20H23N5O4S. The zero-order chi connectivity index (χ0) is 22.0. The van der Waals surface area contributed by atoms with Crippen molar-refractivity contribution < 1.29 is 9.90 Å². The number of thiophene rings is 1. The topological polar surface area (TPSA) is 119 Å². The lowest BCUT2D eigenvalue weighted by Gasteiger charge is -2.19. The van der Waals surface area contributed by atoms with E-state index in [1.807, 2.05) is 24.4 Å². The smallest absolute Gasteiger partial charge is 0.290 e. The third-order valence-corrected chi connectivity index (χ3v) is 5.58. The SMILES string of the molecule is CC(Nc1c(Nc2cccc(C(=O)N(C)C)c2O)c(=O)[nH]n(C)c1=O)c1cccs1. The normalized spacial score (nSPS) is 11.7. The van der Waals surface area contributed by atoms with Crippen LogP contribution in [-0.2, 0) is 7.05 Å². The van der Waals surface area contributed by atoms with Crippen LogP contribution in [0, 0.1) is 0 Å². The summed E-state index contributed by atoms with van der Waals surface area (Å²) in [7, 11) is 4.59. The third-order valence-electron chi connectivity index (χ3n) is 4.53. The summed E-state index contributed by atoms with van der Waals surface area (Å²) >= 11 is 1.52. The van der Waals surface area contributed by atoms with Crippen LogP contribution in [0.1, 0.15) is 28.2 Å². The summed E-state index contributed by atoms with van der Waals surface area (Å²) in [5, 5.41) is 20.9. The van der Waals surface area contributed by atoms with Crippen LogP contribution in [0.3, 0.4) is 0 Å². The quantitative estimate of drug-likeness (QED) is 0.447. The Bertz CT molecular complexity index is 1180. The van der Waals surface area contributed by atoms with Gasteiger partial charge in [-0.2, -0.15) is 0 Å². The number of hydrogen-bond donors (Lipinski definition) is 4. The molecule has 0 bridgehead atoms. The van der Waals surface area contributed by atoms with Gasteiger partial charge in [0.05, 0.1) is 17.3 Å². The van der Waals surface area contributed by atoms with E-state index in [0.29, 0.717) is 0 Å². The highest BCUT2D eigenvalue weighted by molar-refractivity contribution is 7.10. The van der Waals surface area contributed by atoms with E-state index in [0.717, 1.165) is 9.56 Å². The lowest BCUT2D eigenvalue weighted by molar-refractivity contribution is 0.0824. The van der Waals surface area contributed by atoms with Crippen molar-refractivity contribution in [2.45, 2.75) is 13.0 Å². The van der Waals surface area contributed by atoms with Crippen LogP contribution >= 0.6 is 11.3 Å². The highest BCUT2D eigenvalue weighted by Crippen LogP contribution is 2.32. The van der Waals surface area contributed by atoms with E-state index in [9.17, 15) is 19.5 Å². The molecule has 1 aromatic carbocycles. The number of rotatable bonds is 6. The number of aromatic hydroxyl groups is 1. The Balaban J connectivity index is 2.06. The number of aromatic amines is 1. The predicted molar refractivity (Wildman–Crippen MR) is 118 cm³/mol. The van der Waals surface area contributed by atoms with E-state index in [1.54, 1.807) is 20.2 Å². The van der Waals surface area contributed by atoms with Gasteiger partial charge in [0, 0.05) is 26.0 Å². The largest absolute Gasteiger partial charge is 0.505 e. The standard InChI is InChI=1S/C20H23N5O4S/c1-11(14-9-6-10-30-14)21-16-15(18(27)23-25(4)20(16)29)22-13-8-5-7-12(17(13)26)19(28)24(2)3/h5-11,21-22,26H,1-4H3,(H,23,27). The van der Waals surface area contributed by atoms with E-state index < -0.39 is 17.0 Å². The van der Waals surface area contributed by atoms with E-state index in [-0.39, 0.29) is 34.4 Å². The second-order valence-electron chi connectivity index (χ2n) is 6.96. The minimum absolute atomic E-state index is 0.0498. The average Bonchev–Trinajstić information content (AvgIpc) is 3.24. The van der Waals surface area contributed by atoms with Gasteiger partial charge >= 0.3 is 0 Å².